The molecule has 0 bridgehead atoms. The Morgan fingerprint density at radius 2 is 2.03 bits per heavy atom. The van der Waals surface area contributed by atoms with Gasteiger partial charge >= 0.3 is 5.97 Å². The summed E-state index contributed by atoms with van der Waals surface area (Å²) in [5.41, 5.74) is 2.06. The third kappa shape index (κ3) is 3.50. The van der Waals surface area contributed by atoms with Crippen LogP contribution < -0.4 is 0 Å². The van der Waals surface area contributed by atoms with E-state index in [4.69, 9.17) is 4.74 Å². The van der Waals surface area contributed by atoms with Crippen molar-refractivity contribution in [3.8, 4) is 0 Å². The Morgan fingerprint density at radius 3 is 2.77 bits per heavy atom. The number of fused-ring (bicyclic) bond motifs is 5. The van der Waals surface area contributed by atoms with Gasteiger partial charge in [0, 0.05) is 19.3 Å². The Labute approximate surface area is 182 Å². The van der Waals surface area contributed by atoms with Crippen LogP contribution in [0.4, 0.5) is 0 Å². The molecule has 0 radical (unpaired) electrons. The van der Waals surface area contributed by atoms with Crippen LogP contribution in [0.1, 0.15) is 85.5 Å². The summed E-state index contributed by atoms with van der Waals surface area (Å²) in [6.07, 6.45) is 16.9. The first kappa shape index (κ1) is 21.8. The van der Waals surface area contributed by atoms with Gasteiger partial charge in [-0.05, 0) is 85.9 Å². The van der Waals surface area contributed by atoms with Crippen LogP contribution in [-0.4, -0.2) is 18.4 Å². The molecule has 166 valence electrons. The molecule has 2 fully saturated rings. The fraction of sp³-hybridized carbons (Fsp3) is 0.778. The molecular formula is C27H40O3. The summed E-state index contributed by atoms with van der Waals surface area (Å²) in [6, 6.07) is 0. The largest absolute Gasteiger partial charge is 0.466 e. The number of unbranched alkanes of at least 4 members (excludes halogenated alkanes) is 1. The smallest absolute Gasteiger partial charge is 0.302 e. The second-order valence-corrected chi connectivity index (χ2v) is 10.9. The molecule has 4 rings (SSSR count). The van der Waals surface area contributed by atoms with Gasteiger partial charge in [-0.25, -0.2) is 0 Å². The lowest BCUT2D eigenvalue weighted by atomic mass is 9.44. The van der Waals surface area contributed by atoms with Gasteiger partial charge in [-0.2, -0.15) is 0 Å². The summed E-state index contributed by atoms with van der Waals surface area (Å²) in [6.45, 7) is 9.25. The van der Waals surface area contributed by atoms with Crippen molar-refractivity contribution in [1.29, 1.82) is 0 Å². The molecule has 1 unspecified atom stereocenters. The number of hydrogen-bond donors (Lipinski definition) is 0. The molecule has 4 aliphatic carbocycles. The summed E-state index contributed by atoms with van der Waals surface area (Å²) in [5.74, 6) is 2.98. The first-order valence-electron chi connectivity index (χ1n) is 12.3. The minimum absolute atomic E-state index is 0.158. The monoisotopic (exact) mass is 412 g/mol. The van der Waals surface area contributed by atoms with Crippen LogP contribution in [0, 0.1) is 40.4 Å². The van der Waals surface area contributed by atoms with Crippen molar-refractivity contribution in [3.05, 3.63) is 23.8 Å². The molecule has 7 atom stereocenters. The molecule has 0 heterocycles. The molecule has 3 nitrogen and oxygen atoms in total. The number of Topliss-reactive ketones (excluding diaryl/α,β-unsaturated/α-hetero) is 1. The molecular weight excluding hydrogens is 372 g/mol. The number of esters is 1. The lowest BCUT2D eigenvalue weighted by Gasteiger charge is -2.59. The Hall–Kier alpha value is -1.38. The number of allylic oxidation sites excluding steroid dienone is 4. The van der Waals surface area contributed by atoms with Gasteiger partial charge in [-0.3, -0.25) is 9.59 Å². The van der Waals surface area contributed by atoms with Crippen LogP contribution in [0.5, 0.6) is 0 Å². The van der Waals surface area contributed by atoms with Crippen LogP contribution >= 0.6 is 0 Å². The predicted octanol–water partition coefficient (Wildman–Crippen LogP) is 6.28. The molecule has 0 aromatic heterocycles. The van der Waals surface area contributed by atoms with Crippen LogP contribution in [0.15, 0.2) is 23.8 Å². The highest BCUT2D eigenvalue weighted by molar-refractivity contribution is 5.83. The van der Waals surface area contributed by atoms with Crippen molar-refractivity contribution in [2.75, 3.05) is 6.61 Å². The number of carbonyl (C=O) groups excluding carboxylic acids is 2. The number of carbonyl (C=O) groups is 2. The molecule has 4 aliphatic rings. The maximum Gasteiger partial charge on any atom is 0.302 e. The van der Waals surface area contributed by atoms with Gasteiger partial charge in [-0.15, -0.1) is 0 Å². The van der Waals surface area contributed by atoms with E-state index in [0.717, 1.165) is 44.9 Å². The van der Waals surface area contributed by atoms with E-state index in [2.05, 4.69) is 39.0 Å². The third-order valence-electron chi connectivity index (χ3n) is 9.48. The minimum atomic E-state index is -0.184. The highest BCUT2D eigenvalue weighted by Gasteiger charge is 2.61. The van der Waals surface area contributed by atoms with E-state index in [9.17, 15) is 9.59 Å². The van der Waals surface area contributed by atoms with Crippen molar-refractivity contribution < 1.29 is 14.3 Å². The average Bonchev–Trinajstić information content (AvgIpc) is 2.99. The number of hydrogen-bond acceptors (Lipinski definition) is 3. The zero-order valence-electron chi connectivity index (χ0n) is 19.4. The molecule has 0 amide bonds. The van der Waals surface area contributed by atoms with Crippen LogP contribution in [0.25, 0.3) is 0 Å². The van der Waals surface area contributed by atoms with E-state index in [1.165, 1.54) is 19.8 Å². The fourth-order valence-electron chi connectivity index (χ4n) is 8.11. The average molecular weight is 413 g/mol. The Balaban J connectivity index is 1.55. The van der Waals surface area contributed by atoms with Gasteiger partial charge < -0.3 is 4.74 Å². The first-order valence-corrected chi connectivity index (χ1v) is 12.3. The SMILES string of the molecule is CCC1=C[C@@H](CCCCOC(C)=O)[C@H]2[C@@H]3CC(=O)C4CC=CC[C@]4(C)[C@H]3CC[C@]12C. The summed E-state index contributed by atoms with van der Waals surface area (Å²) in [4.78, 5) is 24.3. The molecule has 0 aromatic rings. The van der Waals surface area contributed by atoms with Crippen molar-refractivity contribution >= 4 is 11.8 Å². The van der Waals surface area contributed by atoms with Crippen molar-refractivity contribution in [1.82, 2.24) is 0 Å². The Kier molecular flexibility index (Phi) is 6.03. The highest BCUT2D eigenvalue weighted by atomic mass is 16.5. The van der Waals surface area contributed by atoms with E-state index in [1.807, 2.05) is 0 Å². The van der Waals surface area contributed by atoms with Crippen molar-refractivity contribution in [2.45, 2.75) is 85.5 Å². The minimum Gasteiger partial charge on any atom is -0.466 e. The maximum atomic E-state index is 13.3. The topological polar surface area (TPSA) is 43.4 Å². The Bertz CT molecular complexity index is 749. The number of rotatable bonds is 6. The summed E-state index contributed by atoms with van der Waals surface area (Å²) in [5, 5.41) is 0. The summed E-state index contributed by atoms with van der Waals surface area (Å²) >= 11 is 0. The van der Waals surface area contributed by atoms with E-state index in [0.29, 0.717) is 36.1 Å². The molecule has 0 aromatic carbocycles. The standard InChI is InChI=1S/C27H40O3/c1-5-20-16-19(10-7-9-15-30-18(2)28)25-21-17-24(29)23-11-6-8-13-27(23,4)22(21)12-14-26(20,25)3/h6,8,16,19,21-23,25H,5,7,9-15,17H2,1-4H3/t19-,21-,22+,23?,25+,26-,27-/m1/s1. The van der Waals surface area contributed by atoms with Gasteiger partial charge in [0.15, 0.2) is 0 Å². The molecule has 2 saturated carbocycles. The molecule has 30 heavy (non-hydrogen) atoms. The first-order chi connectivity index (χ1) is 14.3. The van der Waals surface area contributed by atoms with Crippen LogP contribution in [0.3, 0.4) is 0 Å². The third-order valence-corrected chi connectivity index (χ3v) is 9.48. The molecule has 0 saturated heterocycles. The lowest BCUT2D eigenvalue weighted by molar-refractivity contribution is -0.148. The molecule has 0 N–H and O–H groups in total. The van der Waals surface area contributed by atoms with Crippen molar-refractivity contribution in [3.63, 3.8) is 0 Å². The number of ether oxygens (including phenoxy) is 1. The molecule has 3 heteroatoms. The zero-order chi connectivity index (χ0) is 21.5. The Morgan fingerprint density at radius 1 is 1.23 bits per heavy atom. The number of ketones is 1. The summed E-state index contributed by atoms with van der Waals surface area (Å²) in [7, 11) is 0. The van der Waals surface area contributed by atoms with E-state index in [1.54, 1.807) is 5.57 Å². The van der Waals surface area contributed by atoms with Crippen LogP contribution in [-0.2, 0) is 14.3 Å². The lowest BCUT2D eigenvalue weighted by Crippen LogP contribution is -2.56. The van der Waals surface area contributed by atoms with Gasteiger partial charge in [0.2, 0.25) is 0 Å². The van der Waals surface area contributed by atoms with Crippen LogP contribution in [0.2, 0.25) is 0 Å². The van der Waals surface area contributed by atoms with E-state index >= 15 is 0 Å². The molecule has 0 aliphatic heterocycles. The predicted molar refractivity (Wildman–Crippen MR) is 120 cm³/mol. The highest BCUT2D eigenvalue weighted by Crippen LogP contribution is 2.67. The van der Waals surface area contributed by atoms with E-state index in [-0.39, 0.29) is 22.7 Å². The maximum absolute atomic E-state index is 13.3. The van der Waals surface area contributed by atoms with Gasteiger partial charge in [-0.1, -0.05) is 44.6 Å². The van der Waals surface area contributed by atoms with Gasteiger partial charge in [0.05, 0.1) is 6.61 Å². The van der Waals surface area contributed by atoms with Gasteiger partial charge in [0.25, 0.3) is 0 Å². The van der Waals surface area contributed by atoms with Gasteiger partial charge in [0.1, 0.15) is 5.78 Å². The van der Waals surface area contributed by atoms with Crippen molar-refractivity contribution in [2.24, 2.45) is 40.4 Å². The zero-order valence-corrected chi connectivity index (χ0v) is 19.4. The summed E-state index contributed by atoms with van der Waals surface area (Å²) < 4.78 is 5.14. The molecule has 0 spiro atoms. The second-order valence-electron chi connectivity index (χ2n) is 10.9. The second kappa shape index (κ2) is 8.28. The van der Waals surface area contributed by atoms with E-state index < -0.39 is 0 Å². The normalized spacial score (nSPS) is 42.2. The quantitative estimate of drug-likeness (QED) is 0.293. The fourth-order valence-corrected chi connectivity index (χ4v) is 8.11.